The lowest BCUT2D eigenvalue weighted by molar-refractivity contribution is 0.0931. The first-order valence-corrected chi connectivity index (χ1v) is 9.58. The van der Waals surface area contributed by atoms with Gasteiger partial charge in [-0.05, 0) is 42.5 Å². The Labute approximate surface area is 158 Å². The minimum Gasteiger partial charge on any atom is -0.493 e. The van der Waals surface area contributed by atoms with Gasteiger partial charge in [-0.2, -0.15) is 0 Å². The second-order valence-corrected chi connectivity index (χ2v) is 7.43. The zero-order valence-electron chi connectivity index (χ0n) is 15.1. The summed E-state index contributed by atoms with van der Waals surface area (Å²) in [7, 11) is 0. The van der Waals surface area contributed by atoms with Gasteiger partial charge in [0.15, 0.2) is 0 Å². The first-order valence-electron chi connectivity index (χ1n) is 8.79. The van der Waals surface area contributed by atoms with Crippen molar-refractivity contribution in [2.75, 3.05) is 6.61 Å². The van der Waals surface area contributed by atoms with Gasteiger partial charge in [0.25, 0.3) is 5.91 Å². The molecule has 2 aromatic rings. The third-order valence-corrected chi connectivity index (χ3v) is 4.55. The van der Waals surface area contributed by atoms with Crippen molar-refractivity contribution in [3.05, 3.63) is 64.1 Å². The van der Waals surface area contributed by atoms with Crippen LogP contribution in [0.2, 0.25) is 0 Å². The van der Waals surface area contributed by atoms with Crippen LogP contribution in [0.1, 0.15) is 55.6 Å². The standard InChI is InChI=1S/C21H26BrNO2/c1-4-19(16-8-6-5-7-9-16)23-21(24)18-14-17(22)10-11-20(18)25-13-12-15(2)3/h5-11,14-15,19H,4,12-13H2,1-3H3,(H,23,24). The number of hydrogen-bond donors (Lipinski definition) is 1. The Morgan fingerprint density at radius 3 is 2.52 bits per heavy atom. The fourth-order valence-electron chi connectivity index (χ4n) is 2.55. The van der Waals surface area contributed by atoms with Gasteiger partial charge in [0.1, 0.15) is 5.75 Å². The van der Waals surface area contributed by atoms with E-state index < -0.39 is 0 Å². The average Bonchev–Trinajstić information content (AvgIpc) is 2.61. The number of hydrogen-bond acceptors (Lipinski definition) is 2. The molecule has 0 spiro atoms. The Balaban J connectivity index is 2.15. The van der Waals surface area contributed by atoms with E-state index >= 15 is 0 Å². The maximum absolute atomic E-state index is 12.8. The molecule has 0 heterocycles. The predicted octanol–water partition coefficient (Wildman–Crippen LogP) is 5.76. The molecule has 0 aliphatic rings. The largest absolute Gasteiger partial charge is 0.493 e. The number of carbonyl (C=O) groups excluding carboxylic acids is 1. The molecule has 2 rings (SSSR count). The second kappa shape index (κ2) is 9.62. The van der Waals surface area contributed by atoms with Crippen molar-refractivity contribution >= 4 is 21.8 Å². The van der Waals surface area contributed by atoms with E-state index in [0.717, 1.165) is 22.9 Å². The van der Waals surface area contributed by atoms with Crippen LogP contribution in [0.15, 0.2) is 53.0 Å². The summed E-state index contributed by atoms with van der Waals surface area (Å²) in [6.07, 6.45) is 1.78. The normalized spacial score (nSPS) is 12.0. The van der Waals surface area contributed by atoms with Crippen molar-refractivity contribution in [2.24, 2.45) is 5.92 Å². The van der Waals surface area contributed by atoms with E-state index in [1.807, 2.05) is 48.5 Å². The Morgan fingerprint density at radius 1 is 1.16 bits per heavy atom. The van der Waals surface area contributed by atoms with E-state index in [1.165, 1.54) is 0 Å². The third kappa shape index (κ3) is 5.89. The minimum atomic E-state index is -0.114. The lowest BCUT2D eigenvalue weighted by Gasteiger charge is -2.19. The highest BCUT2D eigenvalue weighted by atomic mass is 79.9. The molecule has 1 atom stereocenters. The van der Waals surface area contributed by atoms with E-state index in [1.54, 1.807) is 0 Å². The molecule has 2 aromatic carbocycles. The molecular formula is C21H26BrNO2. The van der Waals surface area contributed by atoms with Gasteiger partial charge in [-0.1, -0.05) is 67.0 Å². The molecule has 1 amide bonds. The number of benzene rings is 2. The van der Waals surface area contributed by atoms with Crippen molar-refractivity contribution in [2.45, 2.75) is 39.7 Å². The van der Waals surface area contributed by atoms with Crippen LogP contribution < -0.4 is 10.1 Å². The van der Waals surface area contributed by atoms with E-state index in [0.29, 0.717) is 23.8 Å². The lowest BCUT2D eigenvalue weighted by Crippen LogP contribution is -2.28. The van der Waals surface area contributed by atoms with Gasteiger partial charge in [0.05, 0.1) is 18.2 Å². The molecule has 0 aliphatic heterocycles. The van der Waals surface area contributed by atoms with E-state index in [2.05, 4.69) is 42.0 Å². The summed E-state index contributed by atoms with van der Waals surface area (Å²) >= 11 is 3.45. The van der Waals surface area contributed by atoms with Crippen LogP contribution in [0.5, 0.6) is 5.75 Å². The topological polar surface area (TPSA) is 38.3 Å². The molecule has 1 N–H and O–H groups in total. The van der Waals surface area contributed by atoms with Crippen LogP contribution in [0.3, 0.4) is 0 Å². The molecule has 4 heteroatoms. The highest BCUT2D eigenvalue weighted by molar-refractivity contribution is 9.10. The molecule has 0 radical (unpaired) electrons. The molecule has 0 aliphatic carbocycles. The second-order valence-electron chi connectivity index (χ2n) is 6.52. The fraction of sp³-hybridized carbons (Fsp3) is 0.381. The number of ether oxygens (including phenoxy) is 1. The summed E-state index contributed by atoms with van der Waals surface area (Å²) in [5.74, 6) is 1.08. The summed E-state index contributed by atoms with van der Waals surface area (Å²) in [5.41, 5.74) is 1.67. The van der Waals surface area contributed by atoms with Crippen molar-refractivity contribution in [1.82, 2.24) is 5.32 Å². The molecule has 0 fully saturated rings. The van der Waals surface area contributed by atoms with Gasteiger partial charge < -0.3 is 10.1 Å². The quantitative estimate of drug-likeness (QED) is 0.608. The van der Waals surface area contributed by atoms with E-state index in [9.17, 15) is 4.79 Å². The van der Waals surface area contributed by atoms with Crippen LogP contribution >= 0.6 is 15.9 Å². The van der Waals surface area contributed by atoms with Gasteiger partial charge in [0, 0.05) is 4.47 Å². The van der Waals surface area contributed by atoms with Crippen LogP contribution in [0.4, 0.5) is 0 Å². The first-order chi connectivity index (χ1) is 12.0. The SMILES string of the molecule is CCC(NC(=O)c1cc(Br)ccc1OCCC(C)C)c1ccccc1. The van der Waals surface area contributed by atoms with Gasteiger partial charge in [-0.3, -0.25) is 4.79 Å². The van der Waals surface area contributed by atoms with E-state index in [4.69, 9.17) is 4.74 Å². The summed E-state index contributed by atoms with van der Waals surface area (Å²) in [6, 6.07) is 15.6. The molecule has 0 aromatic heterocycles. The monoisotopic (exact) mass is 403 g/mol. The Morgan fingerprint density at radius 2 is 1.88 bits per heavy atom. The Kier molecular flexibility index (Phi) is 7.51. The zero-order chi connectivity index (χ0) is 18.2. The lowest BCUT2D eigenvalue weighted by atomic mass is 10.0. The number of carbonyl (C=O) groups is 1. The molecule has 3 nitrogen and oxygen atoms in total. The van der Waals surface area contributed by atoms with E-state index in [-0.39, 0.29) is 11.9 Å². The average molecular weight is 404 g/mol. The summed E-state index contributed by atoms with van der Waals surface area (Å²) in [4.78, 5) is 12.8. The number of nitrogens with one attached hydrogen (secondary N) is 1. The molecule has 0 bridgehead atoms. The molecule has 0 saturated heterocycles. The summed E-state index contributed by atoms with van der Waals surface area (Å²) in [5, 5.41) is 3.13. The van der Waals surface area contributed by atoms with Crippen molar-refractivity contribution in [3.8, 4) is 5.75 Å². The zero-order valence-corrected chi connectivity index (χ0v) is 16.7. The number of rotatable bonds is 8. The smallest absolute Gasteiger partial charge is 0.255 e. The Hall–Kier alpha value is -1.81. The summed E-state index contributed by atoms with van der Waals surface area (Å²) in [6.45, 7) is 6.99. The van der Waals surface area contributed by atoms with Crippen LogP contribution in [-0.4, -0.2) is 12.5 Å². The number of amides is 1. The maximum atomic E-state index is 12.8. The van der Waals surface area contributed by atoms with Gasteiger partial charge in [0.2, 0.25) is 0 Å². The molecule has 25 heavy (non-hydrogen) atoms. The van der Waals surface area contributed by atoms with Crippen LogP contribution in [-0.2, 0) is 0 Å². The van der Waals surface area contributed by atoms with Crippen LogP contribution in [0.25, 0.3) is 0 Å². The molecule has 0 saturated carbocycles. The molecular weight excluding hydrogens is 378 g/mol. The maximum Gasteiger partial charge on any atom is 0.255 e. The highest BCUT2D eigenvalue weighted by Crippen LogP contribution is 2.25. The van der Waals surface area contributed by atoms with Crippen molar-refractivity contribution in [1.29, 1.82) is 0 Å². The van der Waals surface area contributed by atoms with Gasteiger partial charge >= 0.3 is 0 Å². The van der Waals surface area contributed by atoms with Gasteiger partial charge in [-0.15, -0.1) is 0 Å². The Bertz CT molecular complexity index is 686. The fourth-order valence-corrected chi connectivity index (χ4v) is 2.91. The van der Waals surface area contributed by atoms with Gasteiger partial charge in [-0.25, -0.2) is 0 Å². The van der Waals surface area contributed by atoms with Crippen molar-refractivity contribution < 1.29 is 9.53 Å². The number of halogens is 1. The highest BCUT2D eigenvalue weighted by Gasteiger charge is 2.18. The predicted molar refractivity (Wildman–Crippen MR) is 106 cm³/mol. The molecule has 1 unspecified atom stereocenters. The van der Waals surface area contributed by atoms with Crippen LogP contribution in [0, 0.1) is 5.92 Å². The third-order valence-electron chi connectivity index (χ3n) is 4.05. The molecule has 134 valence electrons. The first kappa shape index (κ1) is 19.5. The minimum absolute atomic E-state index is 0.0174. The van der Waals surface area contributed by atoms with Crippen molar-refractivity contribution in [3.63, 3.8) is 0 Å². The summed E-state index contributed by atoms with van der Waals surface area (Å²) < 4.78 is 6.73.